The Morgan fingerprint density at radius 1 is 1.26 bits per heavy atom. The predicted molar refractivity (Wildman–Crippen MR) is 82.2 cm³/mol. The minimum absolute atomic E-state index is 0.00294. The van der Waals surface area contributed by atoms with Crippen LogP contribution >= 0.6 is 39.1 Å². The summed E-state index contributed by atoms with van der Waals surface area (Å²) in [5.74, 6) is 0.627. The molecule has 0 spiro atoms. The molecule has 104 valence electrons. The number of hydrogen-bond acceptors (Lipinski definition) is 2. The Labute approximate surface area is 131 Å². The van der Waals surface area contributed by atoms with Crippen LogP contribution in [0.5, 0.6) is 0 Å². The van der Waals surface area contributed by atoms with Crippen LogP contribution in [-0.2, 0) is 0 Å². The zero-order valence-corrected chi connectivity index (χ0v) is 13.5. The van der Waals surface area contributed by atoms with E-state index in [0.29, 0.717) is 16.5 Å². The standard InChI is InChI=1S/C13H15BrCl2N2O/c14-10-1-2-12(16)11(9-10)13(19)18-7-5-17(4-3-15)6-8-18/h1-2,9H,3-8H2. The number of hydrogen-bond donors (Lipinski definition) is 0. The maximum Gasteiger partial charge on any atom is 0.255 e. The fourth-order valence-corrected chi connectivity index (χ4v) is 2.92. The second-order valence-corrected chi connectivity index (χ2v) is 6.15. The molecule has 1 aromatic rings. The number of amides is 1. The molecule has 0 saturated carbocycles. The fraction of sp³-hybridized carbons (Fsp3) is 0.462. The maximum absolute atomic E-state index is 12.4. The minimum atomic E-state index is -0.00294. The highest BCUT2D eigenvalue weighted by Crippen LogP contribution is 2.22. The first kappa shape index (κ1) is 15.1. The summed E-state index contributed by atoms with van der Waals surface area (Å²) >= 11 is 15.2. The second-order valence-electron chi connectivity index (χ2n) is 4.45. The highest BCUT2D eigenvalue weighted by atomic mass is 79.9. The molecule has 0 radical (unpaired) electrons. The van der Waals surface area contributed by atoms with Gasteiger partial charge >= 0.3 is 0 Å². The molecule has 1 saturated heterocycles. The van der Waals surface area contributed by atoms with E-state index in [2.05, 4.69) is 20.8 Å². The Kier molecular flexibility index (Phi) is 5.51. The molecule has 1 fully saturated rings. The molecule has 1 heterocycles. The van der Waals surface area contributed by atoms with E-state index in [9.17, 15) is 4.79 Å². The summed E-state index contributed by atoms with van der Waals surface area (Å²) in [7, 11) is 0. The Hall–Kier alpha value is -0.290. The summed E-state index contributed by atoms with van der Waals surface area (Å²) in [4.78, 5) is 16.5. The van der Waals surface area contributed by atoms with E-state index in [4.69, 9.17) is 23.2 Å². The molecule has 0 aromatic heterocycles. The smallest absolute Gasteiger partial charge is 0.255 e. The monoisotopic (exact) mass is 364 g/mol. The van der Waals surface area contributed by atoms with Crippen LogP contribution in [0.1, 0.15) is 10.4 Å². The van der Waals surface area contributed by atoms with Crippen molar-refractivity contribution in [3.8, 4) is 0 Å². The average molecular weight is 366 g/mol. The van der Waals surface area contributed by atoms with Gasteiger partial charge in [0.05, 0.1) is 10.6 Å². The lowest BCUT2D eigenvalue weighted by molar-refractivity contribution is 0.0644. The van der Waals surface area contributed by atoms with Crippen molar-refractivity contribution in [2.75, 3.05) is 38.6 Å². The maximum atomic E-state index is 12.4. The van der Waals surface area contributed by atoms with Gasteiger partial charge in [0.1, 0.15) is 0 Å². The number of rotatable bonds is 3. The van der Waals surface area contributed by atoms with Crippen molar-refractivity contribution in [3.05, 3.63) is 33.3 Å². The first-order valence-electron chi connectivity index (χ1n) is 6.14. The Bertz CT molecular complexity index is 462. The highest BCUT2D eigenvalue weighted by Gasteiger charge is 2.23. The Morgan fingerprint density at radius 2 is 1.95 bits per heavy atom. The van der Waals surface area contributed by atoms with Crippen molar-refractivity contribution < 1.29 is 4.79 Å². The van der Waals surface area contributed by atoms with Crippen LogP contribution in [0.2, 0.25) is 5.02 Å². The third kappa shape index (κ3) is 3.85. The van der Waals surface area contributed by atoms with Gasteiger partial charge in [-0.15, -0.1) is 11.6 Å². The topological polar surface area (TPSA) is 23.6 Å². The lowest BCUT2D eigenvalue weighted by atomic mass is 10.2. The number of alkyl halides is 1. The molecule has 1 aromatic carbocycles. The van der Waals surface area contributed by atoms with Gasteiger partial charge < -0.3 is 4.90 Å². The van der Waals surface area contributed by atoms with Gasteiger partial charge in [-0.3, -0.25) is 9.69 Å². The molecule has 1 amide bonds. The van der Waals surface area contributed by atoms with E-state index in [1.54, 1.807) is 12.1 Å². The van der Waals surface area contributed by atoms with E-state index >= 15 is 0 Å². The quantitative estimate of drug-likeness (QED) is 0.768. The molecular weight excluding hydrogens is 351 g/mol. The average Bonchev–Trinajstić information content (AvgIpc) is 2.42. The van der Waals surface area contributed by atoms with Crippen LogP contribution in [0, 0.1) is 0 Å². The molecular formula is C13H15BrCl2N2O. The van der Waals surface area contributed by atoms with Crippen LogP contribution in [0.25, 0.3) is 0 Å². The summed E-state index contributed by atoms with van der Waals surface area (Å²) in [6.45, 7) is 4.05. The largest absolute Gasteiger partial charge is 0.336 e. The zero-order chi connectivity index (χ0) is 13.8. The van der Waals surface area contributed by atoms with Crippen molar-refractivity contribution in [2.24, 2.45) is 0 Å². The number of halogens is 3. The molecule has 0 atom stereocenters. The lowest BCUT2D eigenvalue weighted by Crippen LogP contribution is -2.49. The molecule has 0 aliphatic carbocycles. The van der Waals surface area contributed by atoms with Crippen LogP contribution in [-0.4, -0.2) is 54.3 Å². The minimum Gasteiger partial charge on any atom is -0.336 e. The number of benzene rings is 1. The summed E-state index contributed by atoms with van der Waals surface area (Å²) in [6.07, 6.45) is 0. The van der Waals surface area contributed by atoms with Crippen LogP contribution < -0.4 is 0 Å². The Balaban J connectivity index is 2.03. The van der Waals surface area contributed by atoms with Crippen LogP contribution in [0.15, 0.2) is 22.7 Å². The van der Waals surface area contributed by atoms with Crippen molar-refractivity contribution in [1.82, 2.24) is 9.80 Å². The lowest BCUT2D eigenvalue weighted by Gasteiger charge is -2.34. The normalized spacial score (nSPS) is 16.7. The molecule has 0 bridgehead atoms. The zero-order valence-electron chi connectivity index (χ0n) is 10.4. The molecule has 1 aliphatic heterocycles. The fourth-order valence-electron chi connectivity index (χ4n) is 2.13. The number of carbonyl (C=O) groups excluding carboxylic acids is 1. The van der Waals surface area contributed by atoms with Gasteiger partial charge in [0.15, 0.2) is 0 Å². The van der Waals surface area contributed by atoms with Gasteiger partial charge in [0.25, 0.3) is 5.91 Å². The van der Waals surface area contributed by atoms with Gasteiger partial charge in [-0.2, -0.15) is 0 Å². The molecule has 2 rings (SSSR count). The number of carbonyl (C=O) groups is 1. The highest BCUT2D eigenvalue weighted by molar-refractivity contribution is 9.10. The van der Waals surface area contributed by atoms with E-state index in [1.165, 1.54) is 0 Å². The molecule has 0 unspecified atom stereocenters. The predicted octanol–water partition coefficient (Wildman–Crippen LogP) is 3.10. The van der Waals surface area contributed by atoms with Crippen molar-refractivity contribution in [3.63, 3.8) is 0 Å². The molecule has 0 N–H and O–H groups in total. The van der Waals surface area contributed by atoms with Crippen molar-refractivity contribution >= 4 is 45.0 Å². The summed E-state index contributed by atoms with van der Waals surface area (Å²) in [6, 6.07) is 5.34. The van der Waals surface area contributed by atoms with Crippen molar-refractivity contribution in [2.45, 2.75) is 0 Å². The van der Waals surface area contributed by atoms with Gasteiger partial charge in [-0.25, -0.2) is 0 Å². The van der Waals surface area contributed by atoms with E-state index in [-0.39, 0.29) is 5.91 Å². The number of nitrogens with zero attached hydrogens (tertiary/aromatic N) is 2. The summed E-state index contributed by atoms with van der Waals surface area (Å²) in [5.41, 5.74) is 0.557. The van der Waals surface area contributed by atoms with Crippen LogP contribution in [0.3, 0.4) is 0 Å². The van der Waals surface area contributed by atoms with Gasteiger partial charge in [-0.05, 0) is 18.2 Å². The van der Waals surface area contributed by atoms with Crippen LogP contribution in [0.4, 0.5) is 0 Å². The first-order valence-corrected chi connectivity index (χ1v) is 7.85. The SMILES string of the molecule is O=C(c1cc(Br)ccc1Cl)N1CCN(CCCl)CC1. The van der Waals surface area contributed by atoms with E-state index < -0.39 is 0 Å². The molecule has 1 aliphatic rings. The molecule has 6 heteroatoms. The van der Waals surface area contributed by atoms with Crippen molar-refractivity contribution in [1.29, 1.82) is 0 Å². The van der Waals surface area contributed by atoms with E-state index in [1.807, 2.05) is 11.0 Å². The van der Waals surface area contributed by atoms with Gasteiger partial charge in [0.2, 0.25) is 0 Å². The van der Waals surface area contributed by atoms with E-state index in [0.717, 1.165) is 37.2 Å². The Morgan fingerprint density at radius 3 is 2.58 bits per heavy atom. The first-order chi connectivity index (χ1) is 9.11. The third-order valence-corrected chi connectivity index (χ3v) is 4.21. The molecule has 3 nitrogen and oxygen atoms in total. The second kappa shape index (κ2) is 6.93. The summed E-state index contributed by atoms with van der Waals surface area (Å²) < 4.78 is 0.862. The van der Waals surface area contributed by atoms with Gasteiger partial charge in [-0.1, -0.05) is 27.5 Å². The number of piperazine rings is 1. The summed E-state index contributed by atoms with van der Waals surface area (Å²) in [5, 5.41) is 0.497. The molecule has 19 heavy (non-hydrogen) atoms. The van der Waals surface area contributed by atoms with Gasteiger partial charge in [0, 0.05) is 43.1 Å². The third-order valence-electron chi connectivity index (χ3n) is 3.22.